The molecule has 0 bridgehead atoms. The van der Waals surface area contributed by atoms with Crippen molar-refractivity contribution in [2.45, 2.75) is 39.8 Å². The fourth-order valence-electron chi connectivity index (χ4n) is 2.94. The lowest BCUT2D eigenvalue weighted by molar-refractivity contribution is 0.0730. The third-order valence-electron chi connectivity index (χ3n) is 4.17. The first-order chi connectivity index (χ1) is 8.47. The molecule has 1 fully saturated rings. The number of likely N-dealkylation sites (tertiary alicyclic amines) is 1. The molecule has 3 unspecified atom stereocenters. The first-order valence-electron chi connectivity index (χ1n) is 6.75. The zero-order valence-corrected chi connectivity index (χ0v) is 12.2. The standard InChI is InChI=1S/C15H23ClN2/c1-10-6-11(2)12(3)18(8-10)9-13-4-5-15(17)14(16)7-13/h4-5,7,10-12H,6,8-9,17H2,1-3H3. The van der Waals surface area contributed by atoms with E-state index in [-0.39, 0.29) is 0 Å². The van der Waals surface area contributed by atoms with Gasteiger partial charge in [0.15, 0.2) is 0 Å². The van der Waals surface area contributed by atoms with Crippen molar-refractivity contribution in [1.29, 1.82) is 0 Å². The van der Waals surface area contributed by atoms with Crippen LogP contribution < -0.4 is 5.73 Å². The fraction of sp³-hybridized carbons (Fsp3) is 0.600. The Labute approximate surface area is 115 Å². The van der Waals surface area contributed by atoms with Crippen molar-refractivity contribution >= 4 is 17.3 Å². The zero-order valence-electron chi connectivity index (χ0n) is 11.5. The highest BCUT2D eigenvalue weighted by molar-refractivity contribution is 6.33. The third kappa shape index (κ3) is 2.99. The number of hydrogen-bond acceptors (Lipinski definition) is 2. The van der Waals surface area contributed by atoms with Crippen LogP contribution in [0.25, 0.3) is 0 Å². The first kappa shape index (κ1) is 13.7. The number of nitrogens with zero attached hydrogens (tertiary/aromatic N) is 1. The molecule has 18 heavy (non-hydrogen) atoms. The van der Waals surface area contributed by atoms with Crippen LogP contribution in [0.5, 0.6) is 0 Å². The monoisotopic (exact) mass is 266 g/mol. The highest BCUT2D eigenvalue weighted by Crippen LogP contribution is 2.29. The molecule has 1 saturated heterocycles. The summed E-state index contributed by atoms with van der Waals surface area (Å²) in [4.78, 5) is 2.56. The highest BCUT2D eigenvalue weighted by atomic mass is 35.5. The Morgan fingerprint density at radius 3 is 2.72 bits per heavy atom. The van der Waals surface area contributed by atoms with Crippen molar-refractivity contribution < 1.29 is 0 Å². The largest absolute Gasteiger partial charge is 0.398 e. The Kier molecular flexibility index (Phi) is 4.18. The summed E-state index contributed by atoms with van der Waals surface area (Å²) in [5.41, 5.74) is 7.66. The van der Waals surface area contributed by atoms with E-state index >= 15 is 0 Å². The average Bonchev–Trinajstić information content (AvgIpc) is 2.30. The molecule has 3 heteroatoms. The van der Waals surface area contributed by atoms with E-state index in [9.17, 15) is 0 Å². The summed E-state index contributed by atoms with van der Waals surface area (Å²) in [7, 11) is 0. The number of hydrogen-bond donors (Lipinski definition) is 1. The van der Waals surface area contributed by atoms with E-state index in [0.717, 1.165) is 18.4 Å². The van der Waals surface area contributed by atoms with Crippen molar-refractivity contribution in [3.8, 4) is 0 Å². The van der Waals surface area contributed by atoms with Crippen molar-refractivity contribution in [3.63, 3.8) is 0 Å². The summed E-state index contributed by atoms with van der Waals surface area (Å²) < 4.78 is 0. The number of nitrogen functional groups attached to an aromatic ring is 1. The minimum Gasteiger partial charge on any atom is -0.398 e. The Bertz CT molecular complexity index is 419. The molecule has 100 valence electrons. The first-order valence-corrected chi connectivity index (χ1v) is 7.13. The lowest BCUT2D eigenvalue weighted by Crippen LogP contribution is -2.45. The van der Waals surface area contributed by atoms with Crippen LogP contribution in [0.3, 0.4) is 0 Å². The molecular weight excluding hydrogens is 244 g/mol. The van der Waals surface area contributed by atoms with Crippen LogP contribution in [0.4, 0.5) is 5.69 Å². The molecule has 0 radical (unpaired) electrons. The summed E-state index contributed by atoms with van der Waals surface area (Å²) in [6.07, 6.45) is 1.33. The second kappa shape index (κ2) is 5.50. The Balaban J connectivity index is 2.09. The van der Waals surface area contributed by atoms with Gasteiger partial charge in [0.05, 0.1) is 10.7 Å². The molecule has 1 aliphatic heterocycles. The number of halogens is 1. The maximum atomic E-state index is 6.08. The van der Waals surface area contributed by atoms with Gasteiger partial charge in [-0.25, -0.2) is 0 Å². The Morgan fingerprint density at radius 1 is 1.33 bits per heavy atom. The molecule has 2 N–H and O–H groups in total. The predicted octanol–water partition coefficient (Wildman–Crippen LogP) is 3.79. The molecule has 0 spiro atoms. The quantitative estimate of drug-likeness (QED) is 0.826. The van der Waals surface area contributed by atoms with Crippen LogP contribution in [0, 0.1) is 11.8 Å². The molecule has 0 saturated carbocycles. The van der Waals surface area contributed by atoms with E-state index in [0.29, 0.717) is 16.8 Å². The van der Waals surface area contributed by atoms with Crippen LogP contribution in [-0.2, 0) is 6.54 Å². The van der Waals surface area contributed by atoms with E-state index in [2.05, 4.69) is 31.7 Å². The van der Waals surface area contributed by atoms with Crippen molar-refractivity contribution in [3.05, 3.63) is 28.8 Å². The highest BCUT2D eigenvalue weighted by Gasteiger charge is 2.28. The summed E-state index contributed by atoms with van der Waals surface area (Å²) >= 11 is 6.08. The van der Waals surface area contributed by atoms with Crippen molar-refractivity contribution in [2.75, 3.05) is 12.3 Å². The van der Waals surface area contributed by atoms with Crippen molar-refractivity contribution in [1.82, 2.24) is 4.90 Å². The molecule has 1 heterocycles. The van der Waals surface area contributed by atoms with Gasteiger partial charge >= 0.3 is 0 Å². The summed E-state index contributed by atoms with van der Waals surface area (Å²) in [5.74, 6) is 1.54. The normalized spacial score (nSPS) is 29.4. The molecule has 1 aromatic rings. The van der Waals surface area contributed by atoms with Gasteiger partial charge in [0.1, 0.15) is 0 Å². The second-order valence-corrected chi connectivity index (χ2v) is 6.25. The maximum absolute atomic E-state index is 6.08. The Hall–Kier alpha value is -0.730. The second-order valence-electron chi connectivity index (χ2n) is 5.84. The molecule has 1 aliphatic rings. The van der Waals surface area contributed by atoms with Crippen LogP contribution in [0.1, 0.15) is 32.8 Å². The number of benzene rings is 1. The van der Waals surface area contributed by atoms with Crippen molar-refractivity contribution in [2.24, 2.45) is 11.8 Å². The van der Waals surface area contributed by atoms with Gasteiger partial charge < -0.3 is 5.73 Å². The van der Waals surface area contributed by atoms with Gasteiger partial charge in [-0.1, -0.05) is 31.5 Å². The van der Waals surface area contributed by atoms with Gasteiger partial charge in [-0.15, -0.1) is 0 Å². The molecule has 2 rings (SSSR count). The number of piperidine rings is 1. The van der Waals surface area contributed by atoms with E-state index in [1.807, 2.05) is 12.1 Å². The molecular formula is C15H23ClN2. The van der Waals surface area contributed by atoms with Crippen LogP contribution in [0.15, 0.2) is 18.2 Å². The van der Waals surface area contributed by atoms with Gasteiger partial charge in [0, 0.05) is 19.1 Å². The summed E-state index contributed by atoms with van der Waals surface area (Å²) in [6, 6.07) is 6.61. The van der Waals surface area contributed by atoms with Crippen LogP contribution in [-0.4, -0.2) is 17.5 Å². The van der Waals surface area contributed by atoms with Crippen LogP contribution in [0.2, 0.25) is 5.02 Å². The van der Waals surface area contributed by atoms with E-state index in [4.69, 9.17) is 17.3 Å². The maximum Gasteiger partial charge on any atom is 0.0638 e. The smallest absolute Gasteiger partial charge is 0.0638 e. The molecule has 3 atom stereocenters. The molecule has 0 amide bonds. The lowest BCUT2D eigenvalue weighted by Gasteiger charge is -2.41. The fourth-order valence-corrected chi connectivity index (χ4v) is 3.15. The summed E-state index contributed by atoms with van der Waals surface area (Å²) in [6.45, 7) is 9.16. The van der Waals surface area contributed by atoms with E-state index in [1.165, 1.54) is 18.5 Å². The molecule has 0 aliphatic carbocycles. The van der Waals surface area contributed by atoms with Gasteiger partial charge in [-0.05, 0) is 42.9 Å². The SMILES string of the molecule is CC1CC(C)C(C)N(Cc2ccc(N)c(Cl)c2)C1. The van der Waals surface area contributed by atoms with Gasteiger partial charge in [-0.2, -0.15) is 0 Å². The van der Waals surface area contributed by atoms with Gasteiger partial charge in [0.25, 0.3) is 0 Å². The average molecular weight is 267 g/mol. The molecule has 0 aromatic heterocycles. The lowest BCUT2D eigenvalue weighted by atomic mass is 9.86. The minimum absolute atomic E-state index is 0.637. The predicted molar refractivity (Wildman–Crippen MR) is 78.7 cm³/mol. The van der Waals surface area contributed by atoms with Gasteiger partial charge in [0.2, 0.25) is 0 Å². The third-order valence-corrected chi connectivity index (χ3v) is 4.50. The topological polar surface area (TPSA) is 29.3 Å². The van der Waals surface area contributed by atoms with E-state index < -0.39 is 0 Å². The minimum atomic E-state index is 0.637. The molecule has 2 nitrogen and oxygen atoms in total. The Morgan fingerprint density at radius 2 is 2.06 bits per heavy atom. The molecule has 1 aromatic carbocycles. The van der Waals surface area contributed by atoms with Gasteiger partial charge in [-0.3, -0.25) is 4.90 Å². The van der Waals surface area contributed by atoms with E-state index in [1.54, 1.807) is 0 Å². The number of rotatable bonds is 2. The number of anilines is 1. The zero-order chi connectivity index (χ0) is 13.3. The summed E-state index contributed by atoms with van der Waals surface area (Å²) in [5, 5.41) is 0.665. The van der Waals surface area contributed by atoms with Crippen LogP contribution >= 0.6 is 11.6 Å². The number of nitrogens with two attached hydrogens (primary N) is 1.